The highest BCUT2D eigenvalue weighted by Gasteiger charge is 2.23. The molecule has 2 heterocycles. The van der Waals surface area contributed by atoms with Crippen molar-refractivity contribution in [2.75, 3.05) is 5.32 Å². The number of nitrogens with one attached hydrogen (secondary N) is 1. The molecule has 2 N–H and O–H groups in total. The molecular formula is C19H19Cl2N5O3. The number of hydrogen-bond acceptors (Lipinski definition) is 4. The van der Waals surface area contributed by atoms with Crippen molar-refractivity contribution in [1.82, 2.24) is 19.6 Å². The van der Waals surface area contributed by atoms with E-state index in [1.165, 1.54) is 19.2 Å². The van der Waals surface area contributed by atoms with Crippen molar-refractivity contribution < 1.29 is 14.7 Å². The highest BCUT2D eigenvalue weighted by Crippen LogP contribution is 2.27. The molecule has 0 spiro atoms. The average molecular weight is 436 g/mol. The Bertz CT molecular complexity index is 1070. The van der Waals surface area contributed by atoms with Gasteiger partial charge in [0.05, 0.1) is 23.6 Å². The Morgan fingerprint density at radius 2 is 1.86 bits per heavy atom. The fourth-order valence-corrected chi connectivity index (χ4v) is 3.47. The Hall–Kier alpha value is -2.84. The van der Waals surface area contributed by atoms with Gasteiger partial charge in [-0.25, -0.2) is 9.48 Å². The van der Waals surface area contributed by atoms with Crippen molar-refractivity contribution >= 4 is 40.8 Å². The van der Waals surface area contributed by atoms with Crippen LogP contribution in [-0.2, 0) is 11.3 Å². The molecule has 8 nitrogen and oxygen atoms in total. The summed E-state index contributed by atoms with van der Waals surface area (Å²) in [6.45, 7) is 5.38. The Labute approximate surface area is 177 Å². The van der Waals surface area contributed by atoms with Crippen LogP contribution in [0.1, 0.15) is 40.4 Å². The summed E-state index contributed by atoms with van der Waals surface area (Å²) in [4.78, 5) is 24.0. The van der Waals surface area contributed by atoms with Gasteiger partial charge in [0.15, 0.2) is 0 Å². The standard InChI is InChI=1S/C19H19Cl2N5O3/c1-10-17(23-18(27)16-7-8-22-26(16)12(3)19(28)29)11(2)25(24-10)9-13-14(20)5-4-6-15(13)21/h4-8,12H,9H2,1-3H3,(H,23,27)(H,28,29). The van der Waals surface area contributed by atoms with E-state index < -0.39 is 17.9 Å². The molecule has 2 aromatic heterocycles. The first-order chi connectivity index (χ1) is 13.7. The Kier molecular flexibility index (Phi) is 5.95. The maximum atomic E-state index is 12.8. The first-order valence-corrected chi connectivity index (χ1v) is 9.50. The van der Waals surface area contributed by atoms with Crippen molar-refractivity contribution in [3.05, 3.63) is 63.2 Å². The van der Waals surface area contributed by atoms with Crippen molar-refractivity contribution in [2.45, 2.75) is 33.4 Å². The van der Waals surface area contributed by atoms with E-state index >= 15 is 0 Å². The number of carbonyl (C=O) groups excluding carboxylic acids is 1. The summed E-state index contributed by atoms with van der Waals surface area (Å²) < 4.78 is 2.87. The minimum absolute atomic E-state index is 0.139. The molecule has 1 atom stereocenters. The molecule has 152 valence electrons. The van der Waals surface area contributed by atoms with Crippen LogP contribution in [0.15, 0.2) is 30.5 Å². The summed E-state index contributed by atoms with van der Waals surface area (Å²) in [5.74, 6) is -1.56. The minimum Gasteiger partial charge on any atom is -0.480 e. The highest BCUT2D eigenvalue weighted by molar-refractivity contribution is 6.36. The number of benzene rings is 1. The topological polar surface area (TPSA) is 102 Å². The number of nitrogens with zero attached hydrogens (tertiary/aromatic N) is 4. The number of anilines is 1. The second-order valence-electron chi connectivity index (χ2n) is 6.53. The van der Waals surface area contributed by atoms with E-state index in [0.717, 1.165) is 10.2 Å². The average Bonchev–Trinajstić information content (AvgIpc) is 3.25. The van der Waals surface area contributed by atoms with Gasteiger partial charge >= 0.3 is 5.97 Å². The van der Waals surface area contributed by atoms with Gasteiger partial charge in [0, 0.05) is 21.8 Å². The second kappa shape index (κ2) is 8.26. The number of hydrogen-bond donors (Lipinski definition) is 2. The van der Waals surface area contributed by atoms with Crippen molar-refractivity contribution in [2.24, 2.45) is 0 Å². The number of amides is 1. The number of carboxylic acids is 1. The summed E-state index contributed by atoms with van der Waals surface area (Å²) in [5.41, 5.74) is 2.72. The van der Waals surface area contributed by atoms with Crippen LogP contribution >= 0.6 is 23.2 Å². The van der Waals surface area contributed by atoms with Crippen LogP contribution in [0, 0.1) is 13.8 Å². The van der Waals surface area contributed by atoms with Gasteiger partial charge in [0.2, 0.25) is 0 Å². The largest absolute Gasteiger partial charge is 0.480 e. The molecule has 1 aromatic carbocycles. The van der Waals surface area contributed by atoms with Gasteiger partial charge in [-0.15, -0.1) is 0 Å². The normalized spacial score (nSPS) is 12.0. The minimum atomic E-state index is -1.08. The van der Waals surface area contributed by atoms with E-state index in [2.05, 4.69) is 15.5 Å². The van der Waals surface area contributed by atoms with Crippen LogP contribution in [-0.4, -0.2) is 36.5 Å². The van der Waals surface area contributed by atoms with Crippen LogP contribution in [0.3, 0.4) is 0 Å². The number of aromatic nitrogens is 4. The van der Waals surface area contributed by atoms with Crippen LogP contribution < -0.4 is 5.32 Å². The number of halogens is 2. The van der Waals surface area contributed by atoms with E-state index in [9.17, 15) is 14.7 Å². The number of carboxylic acid groups (broad SMARTS) is 1. The maximum Gasteiger partial charge on any atom is 0.328 e. The molecule has 0 aliphatic heterocycles. The number of aryl methyl sites for hydroxylation is 1. The SMILES string of the molecule is Cc1nn(Cc2c(Cl)cccc2Cl)c(C)c1NC(=O)c1ccnn1C(C)C(=O)O. The van der Waals surface area contributed by atoms with Gasteiger partial charge in [-0.3, -0.25) is 9.48 Å². The van der Waals surface area contributed by atoms with Crippen LogP contribution in [0.25, 0.3) is 0 Å². The summed E-state index contributed by atoms with van der Waals surface area (Å²) in [6, 6.07) is 5.76. The fourth-order valence-electron chi connectivity index (χ4n) is 2.95. The first kappa shape index (κ1) is 20.9. The zero-order valence-corrected chi connectivity index (χ0v) is 17.5. The molecule has 0 saturated heterocycles. The number of carbonyl (C=O) groups is 2. The number of rotatable bonds is 6. The van der Waals surface area contributed by atoms with Gasteiger partial charge in [0.1, 0.15) is 11.7 Å². The molecule has 3 aromatic rings. The third-order valence-corrected chi connectivity index (χ3v) is 5.32. The monoisotopic (exact) mass is 435 g/mol. The second-order valence-corrected chi connectivity index (χ2v) is 7.35. The lowest BCUT2D eigenvalue weighted by Crippen LogP contribution is -2.24. The van der Waals surface area contributed by atoms with E-state index in [0.29, 0.717) is 33.7 Å². The van der Waals surface area contributed by atoms with Gasteiger partial charge in [0.25, 0.3) is 5.91 Å². The predicted molar refractivity (Wildman–Crippen MR) is 110 cm³/mol. The van der Waals surface area contributed by atoms with Crippen molar-refractivity contribution in [3.63, 3.8) is 0 Å². The first-order valence-electron chi connectivity index (χ1n) is 8.75. The lowest BCUT2D eigenvalue weighted by molar-refractivity contribution is -0.140. The molecule has 10 heteroatoms. The Morgan fingerprint density at radius 3 is 2.48 bits per heavy atom. The van der Waals surface area contributed by atoms with E-state index in [1.54, 1.807) is 29.8 Å². The highest BCUT2D eigenvalue weighted by atomic mass is 35.5. The van der Waals surface area contributed by atoms with Crippen molar-refractivity contribution in [1.29, 1.82) is 0 Å². The number of aliphatic carboxylic acids is 1. The Morgan fingerprint density at radius 1 is 1.21 bits per heavy atom. The zero-order chi connectivity index (χ0) is 21.3. The Balaban J connectivity index is 1.87. The maximum absolute atomic E-state index is 12.8. The molecule has 0 aliphatic carbocycles. The summed E-state index contributed by atoms with van der Waals surface area (Å²) in [6.07, 6.45) is 1.39. The fraction of sp³-hybridized carbons (Fsp3) is 0.263. The molecule has 29 heavy (non-hydrogen) atoms. The van der Waals surface area contributed by atoms with Crippen LogP contribution in [0.2, 0.25) is 10.0 Å². The van der Waals surface area contributed by atoms with Crippen LogP contribution in [0.5, 0.6) is 0 Å². The molecular weight excluding hydrogens is 417 g/mol. The molecule has 0 saturated carbocycles. The zero-order valence-electron chi connectivity index (χ0n) is 16.0. The molecule has 0 fully saturated rings. The smallest absolute Gasteiger partial charge is 0.328 e. The van der Waals surface area contributed by atoms with Crippen molar-refractivity contribution in [3.8, 4) is 0 Å². The summed E-state index contributed by atoms with van der Waals surface area (Å²) in [5, 5.41) is 21.5. The third-order valence-electron chi connectivity index (χ3n) is 4.62. The molecule has 0 aliphatic rings. The predicted octanol–water partition coefficient (Wildman–Crippen LogP) is 3.95. The molecule has 1 amide bonds. The quantitative estimate of drug-likeness (QED) is 0.609. The van der Waals surface area contributed by atoms with Gasteiger partial charge in [-0.05, 0) is 39.0 Å². The van der Waals surface area contributed by atoms with E-state index in [4.69, 9.17) is 23.2 Å². The third kappa shape index (κ3) is 4.13. The lowest BCUT2D eigenvalue weighted by atomic mass is 10.2. The lowest BCUT2D eigenvalue weighted by Gasteiger charge is -2.12. The van der Waals surface area contributed by atoms with E-state index in [-0.39, 0.29) is 5.69 Å². The molecule has 0 radical (unpaired) electrons. The van der Waals surface area contributed by atoms with Crippen LogP contribution in [0.4, 0.5) is 5.69 Å². The summed E-state index contributed by atoms with van der Waals surface area (Å²) >= 11 is 12.5. The van der Waals surface area contributed by atoms with E-state index in [1.807, 2.05) is 6.92 Å². The van der Waals surface area contributed by atoms with Gasteiger partial charge in [-0.2, -0.15) is 10.2 Å². The van der Waals surface area contributed by atoms with Gasteiger partial charge < -0.3 is 10.4 Å². The van der Waals surface area contributed by atoms with Gasteiger partial charge in [-0.1, -0.05) is 29.3 Å². The molecule has 3 rings (SSSR count). The molecule has 0 bridgehead atoms. The molecule has 1 unspecified atom stereocenters. The summed E-state index contributed by atoms with van der Waals surface area (Å²) in [7, 11) is 0.